The number of anilines is 1. The van der Waals surface area contributed by atoms with Gasteiger partial charge in [-0.25, -0.2) is 4.99 Å². The van der Waals surface area contributed by atoms with Gasteiger partial charge in [0.2, 0.25) is 11.8 Å². The minimum atomic E-state index is -0.582. The Morgan fingerprint density at radius 1 is 1.19 bits per heavy atom. The average molecular weight is 476 g/mol. The summed E-state index contributed by atoms with van der Waals surface area (Å²) in [6.07, 6.45) is -0.00544. The summed E-state index contributed by atoms with van der Waals surface area (Å²) >= 11 is 7.33. The molecule has 1 N–H and O–H groups in total. The molecule has 2 amide bonds. The molecule has 1 saturated heterocycles. The number of carbonyl (C=O) groups excluding carboxylic acids is 2. The van der Waals surface area contributed by atoms with Crippen molar-refractivity contribution in [2.45, 2.75) is 25.5 Å². The van der Waals surface area contributed by atoms with E-state index in [0.717, 1.165) is 16.8 Å². The number of thioether (sulfide) groups is 1. The van der Waals surface area contributed by atoms with E-state index in [9.17, 15) is 9.59 Å². The van der Waals surface area contributed by atoms with Crippen LogP contribution in [0.5, 0.6) is 5.75 Å². The average Bonchev–Trinajstić information content (AvgIpc) is 2.99. The lowest BCUT2D eigenvalue weighted by Gasteiger charge is -2.16. The Labute approximate surface area is 197 Å². The fourth-order valence-corrected chi connectivity index (χ4v) is 4.74. The van der Waals surface area contributed by atoms with E-state index in [1.807, 2.05) is 26.0 Å². The number of aliphatic imine (C=N–C) groups is 1. The van der Waals surface area contributed by atoms with Gasteiger partial charge in [-0.15, -0.1) is 0 Å². The van der Waals surface area contributed by atoms with Crippen LogP contribution in [0.1, 0.15) is 17.5 Å². The van der Waals surface area contributed by atoms with E-state index in [-0.39, 0.29) is 18.2 Å². The zero-order valence-electron chi connectivity index (χ0n) is 18.5. The van der Waals surface area contributed by atoms with Crippen LogP contribution in [-0.2, 0) is 14.3 Å². The van der Waals surface area contributed by atoms with Crippen molar-refractivity contribution in [3.05, 3.63) is 52.5 Å². The van der Waals surface area contributed by atoms with Crippen LogP contribution in [0.4, 0.5) is 11.4 Å². The van der Waals surface area contributed by atoms with E-state index in [1.165, 1.54) is 18.9 Å². The number of nitrogens with one attached hydrogen (secondary N) is 1. The largest absolute Gasteiger partial charge is 0.495 e. The molecular weight excluding hydrogens is 450 g/mol. The second-order valence-electron chi connectivity index (χ2n) is 7.43. The summed E-state index contributed by atoms with van der Waals surface area (Å²) in [5.74, 6) is 0.0195. The molecule has 0 bridgehead atoms. The minimum Gasteiger partial charge on any atom is -0.495 e. The lowest BCUT2D eigenvalue weighted by molar-refractivity contribution is -0.128. The summed E-state index contributed by atoms with van der Waals surface area (Å²) in [6.45, 7) is 4.75. The second kappa shape index (κ2) is 10.8. The molecule has 1 heterocycles. The molecule has 1 unspecified atom stereocenters. The molecule has 0 aliphatic carbocycles. The lowest BCUT2D eigenvalue weighted by atomic mass is 10.1. The van der Waals surface area contributed by atoms with Crippen LogP contribution >= 0.6 is 23.4 Å². The zero-order chi connectivity index (χ0) is 23.3. The maximum absolute atomic E-state index is 13.1. The summed E-state index contributed by atoms with van der Waals surface area (Å²) in [5, 5.41) is 3.25. The second-order valence-corrected chi connectivity index (χ2v) is 9.03. The Hall–Kier alpha value is -2.55. The molecule has 2 aromatic rings. The number of rotatable bonds is 8. The molecule has 0 saturated carbocycles. The van der Waals surface area contributed by atoms with Crippen molar-refractivity contribution >= 4 is 51.7 Å². The highest BCUT2D eigenvalue weighted by atomic mass is 35.5. The predicted molar refractivity (Wildman–Crippen MR) is 129 cm³/mol. The molecule has 0 aromatic heterocycles. The quantitative estimate of drug-likeness (QED) is 0.604. The Morgan fingerprint density at radius 2 is 1.91 bits per heavy atom. The number of methoxy groups -OCH3 is 2. The van der Waals surface area contributed by atoms with Gasteiger partial charge in [-0.3, -0.25) is 14.5 Å². The van der Waals surface area contributed by atoms with Crippen molar-refractivity contribution in [1.29, 1.82) is 0 Å². The highest BCUT2D eigenvalue weighted by Crippen LogP contribution is 2.33. The third-order valence-corrected chi connectivity index (χ3v) is 6.19. The summed E-state index contributed by atoms with van der Waals surface area (Å²) in [6, 6.07) is 11.0. The van der Waals surface area contributed by atoms with Crippen LogP contribution < -0.4 is 10.1 Å². The highest BCUT2D eigenvalue weighted by Gasteiger charge is 2.39. The summed E-state index contributed by atoms with van der Waals surface area (Å²) < 4.78 is 10.4. The van der Waals surface area contributed by atoms with Crippen molar-refractivity contribution in [3.63, 3.8) is 0 Å². The Bertz CT molecular complexity index is 1020. The molecule has 7 nitrogen and oxygen atoms in total. The van der Waals surface area contributed by atoms with Crippen molar-refractivity contribution in [2.24, 2.45) is 4.99 Å². The molecule has 1 aliphatic heterocycles. The number of carbonyl (C=O) groups is 2. The first-order valence-corrected chi connectivity index (χ1v) is 11.3. The van der Waals surface area contributed by atoms with E-state index in [1.54, 1.807) is 30.2 Å². The van der Waals surface area contributed by atoms with Crippen LogP contribution in [0.25, 0.3) is 0 Å². The standard InChI is InChI=1S/C23H26ClN3O4S/c1-14-9-15(2)11-17(10-14)25-23-27(7-8-30-3)22(29)20(32-23)13-21(28)26-18-12-16(24)5-6-19(18)31-4/h5-6,9-12,20H,7-8,13H2,1-4H3,(H,26,28). The van der Waals surface area contributed by atoms with Crippen LogP contribution in [0.15, 0.2) is 41.4 Å². The molecule has 9 heteroatoms. The molecule has 1 atom stereocenters. The van der Waals surface area contributed by atoms with Crippen molar-refractivity contribution in [1.82, 2.24) is 4.90 Å². The number of aryl methyl sites for hydroxylation is 2. The van der Waals surface area contributed by atoms with Gasteiger partial charge in [-0.2, -0.15) is 0 Å². The fraction of sp³-hybridized carbons (Fsp3) is 0.348. The minimum absolute atomic E-state index is 0.00544. The van der Waals surface area contributed by atoms with Gasteiger partial charge in [0, 0.05) is 18.6 Å². The monoisotopic (exact) mass is 475 g/mol. The van der Waals surface area contributed by atoms with Gasteiger partial charge in [-0.05, 0) is 55.3 Å². The highest BCUT2D eigenvalue weighted by molar-refractivity contribution is 8.15. The van der Waals surface area contributed by atoms with Crippen molar-refractivity contribution in [3.8, 4) is 5.75 Å². The molecule has 170 valence electrons. The van der Waals surface area contributed by atoms with Gasteiger partial charge in [-0.1, -0.05) is 29.4 Å². The van der Waals surface area contributed by atoms with Crippen LogP contribution in [0.3, 0.4) is 0 Å². The molecule has 1 aliphatic rings. The number of ether oxygens (including phenoxy) is 2. The number of hydrogen-bond donors (Lipinski definition) is 1. The third kappa shape index (κ3) is 6.03. The summed E-state index contributed by atoms with van der Waals surface area (Å²) in [4.78, 5) is 32.1. The first kappa shape index (κ1) is 24.1. The van der Waals surface area contributed by atoms with Gasteiger partial charge < -0.3 is 14.8 Å². The normalized spacial score (nSPS) is 17.2. The molecule has 2 aromatic carbocycles. The van der Waals surface area contributed by atoms with E-state index in [4.69, 9.17) is 26.1 Å². The maximum Gasteiger partial charge on any atom is 0.242 e. The fourth-order valence-electron chi connectivity index (χ4n) is 3.39. The van der Waals surface area contributed by atoms with E-state index in [0.29, 0.717) is 34.8 Å². The molecule has 0 radical (unpaired) electrons. The Morgan fingerprint density at radius 3 is 2.56 bits per heavy atom. The number of benzene rings is 2. The first-order valence-electron chi connectivity index (χ1n) is 10.1. The molecule has 32 heavy (non-hydrogen) atoms. The molecular formula is C23H26ClN3O4S. The van der Waals surface area contributed by atoms with Crippen molar-refractivity contribution in [2.75, 3.05) is 32.7 Å². The number of amides is 2. The molecule has 0 spiro atoms. The van der Waals surface area contributed by atoms with Gasteiger partial charge in [0.25, 0.3) is 0 Å². The topological polar surface area (TPSA) is 80.2 Å². The first-order chi connectivity index (χ1) is 15.3. The number of amidine groups is 1. The number of halogens is 1. The van der Waals surface area contributed by atoms with E-state index >= 15 is 0 Å². The Kier molecular flexibility index (Phi) is 8.17. The van der Waals surface area contributed by atoms with Crippen LogP contribution in [0, 0.1) is 13.8 Å². The van der Waals surface area contributed by atoms with Gasteiger partial charge in [0.05, 0.1) is 31.6 Å². The SMILES string of the molecule is COCCN1C(=O)C(CC(=O)Nc2cc(Cl)ccc2OC)SC1=Nc1cc(C)cc(C)c1. The number of nitrogens with zero attached hydrogens (tertiary/aromatic N) is 2. The zero-order valence-corrected chi connectivity index (χ0v) is 20.0. The third-order valence-electron chi connectivity index (χ3n) is 4.78. The van der Waals surface area contributed by atoms with E-state index in [2.05, 4.69) is 11.4 Å². The summed E-state index contributed by atoms with van der Waals surface area (Å²) in [7, 11) is 3.09. The number of hydrogen-bond acceptors (Lipinski definition) is 6. The summed E-state index contributed by atoms with van der Waals surface area (Å²) in [5.41, 5.74) is 3.41. The Balaban J connectivity index is 1.78. The van der Waals surface area contributed by atoms with Crippen LogP contribution in [0.2, 0.25) is 5.02 Å². The predicted octanol–water partition coefficient (Wildman–Crippen LogP) is 4.57. The van der Waals surface area contributed by atoms with Crippen molar-refractivity contribution < 1.29 is 19.1 Å². The lowest BCUT2D eigenvalue weighted by Crippen LogP contribution is -2.35. The smallest absolute Gasteiger partial charge is 0.242 e. The molecule has 3 rings (SSSR count). The van der Waals surface area contributed by atoms with Gasteiger partial charge in [0.15, 0.2) is 5.17 Å². The molecule has 1 fully saturated rings. The van der Waals surface area contributed by atoms with Crippen LogP contribution in [-0.4, -0.2) is 54.5 Å². The van der Waals surface area contributed by atoms with Gasteiger partial charge >= 0.3 is 0 Å². The van der Waals surface area contributed by atoms with E-state index < -0.39 is 5.25 Å². The van der Waals surface area contributed by atoms with Gasteiger partial charge in [0.1, 0.15) is 11.0 Å². The maximum atomic E-state index is 13.1.